The molecule has 2 aromatic rings. The molecule has 3 rings (SSSR count). The zero-order valence-corrected chi connectivity index (χ0v) is 16.7. The molecule has 1 fully saturated rings. The van der Waals surface area contributed by atoms with E-state index in [9.17, 15) is 9.59 Å². The molecule has 0 spiro atoms. The molecule has 1 aliphatic heterocycles. The SMILES string of the molecule is O=C(CN(CCN1CCCCC1)C(=O)c1cccc(Br)c1)Nc1ccon1. The van der Waals surface area contributed by atoms with Gasteiger partial charge in [0.25, 0.3) is 5.91 Å². The summed E-state index contributed by atoms with van der Waals surface area (Å²) < 4.78 is 5.55. The molecule has 1 saturated heterocycles. The van der Waals surface area contributed by atoms with Crippen LogP contribution in [-0.2, 0) is 4.79 Å². The van der Waals surface area contributed by atoms with Crippen molar-refractivity contribution < 1.29 is 14.1 Å². The van der Waals surface area contributed by atoms with Crippen LogP contribution in [0.5, 0.6) is 0 Å². The molecule has 2 heterocycles. The van der Waals surface area contributed by atoms with E-state index >= 15 is 0 Å². The summed E-state index contributed by atoms with van der Waals surface area (Å²) in [5, 5.41) is 6.32. The van der Waals surface area contributed by atoms with Crippen molar-refractivity contribution in [1.82, 2.24) is 15.0 Å². The van der Waals surface area contributed by atoms with Crippen LogP contribution in [0.15, 0.2) is 45.6 Å². The van der Waals surface area contributed by atoms with Gasteiger partial charge in [-0.3, -0.25) is 9.59 Å². The maximum Gasteiger partial charge on any atom is 0.254 e. The van der Waals surface area contributed by atoms with Crippen LogP contribution in [0.3, 0.4) is 0 Å². The molecule has 0 radical (unpaired) electrons. The van der Waals surface area contributed by atoms with Gasteiger partial charge < -0.3 is 19.6 Å². The lowest BCUT2D eigenvalue weighted by Crippen LogP contribution is -2.43. The number of benzene rings is 1. The maximum absolute atomic E-state index is 13.0. The highest BCUT2D eigenvalue weighted by Gasteiger charge is 2.21. The van der Waals surface area contributed by atoms with Crippen LogP contribution >= 0.6 is 15.9 Å². The molecule has 144 valence electrons. The summed E-state index contributed by atoms with van der Waals surface area (Å²) in [6.45, 7) is 3.31. The summed E-state index contributed by atoms with van der Waals surface area (Å²) in [6.07, 6.45) is 5.02. The van der Waals surface area contributed by atoms with E-state index in [0.717, 1.165) is 24.1 Å². The highest BCUT2D eigenvalue weighted by Crippen LogP contribution is 2.14. The minimum absolute atomic E-state index is 0.0357. The lowest BCUT2D eigenvalue weighted by Gasteiger charge is -2.30. The third kappa shape index (κ3) is 5.90. The van der Waals surface area contributed by atoms with E-state index in [4.69, 9.17) is 4.52 Å². The van der Waals surface area contributed by atoms with Crippen molar-refractivity contribution in [2.75, 3.05) is 38.0 Å². The number of hydrogen-bond donors (Lipinski definition) is 1. The minimum Gasteiger partial charge on any atom is -0.363 e. The molecule has 1 aliphatic rings. The first-order valence-corrected chi connectivity index (χ1v) is 9.88. The Hall–Kier alpha value is -2.19. The Balaban J connectivity index is 1.66. The van der Waals surface area contributed by atoms with Gasteiger partial charge in [0.05, 0.1) is 0 Å². The standard InChI is InChI=1S/C19H23BrN4O3/c20-16-6-4-5-15(13-16)19(26)24(11-10-23-8-2-1-3-9-23)14-18(25)21-17-7-12-27-22-17/h4-7,12-13H,1-3,8-11,14H2,(H,21,22,25). The Kier molecular flexibility index (Phi) is 7.00. The van der Waals surface area contributed by atoms with E-state index in [0.29, 0.717) is 17.9 Å². The van der Waals surface area contributed by atoms with Crippen LogP contribution in [0.2, 0.25) is 0 Å². The summed E-state index contributed by atoms with van der Waals surface area (Å²) in [5.74, 6) is -0.125. The Morgan fingerprint density at radius 2 is 2.04 bits per heavy atom. The van der Waals surface area contributed by atoms with Crippen molar-refractivity contribution in [3.05, 3.63) is 46.6 Å². The predicted octanol–water partition coefficient (Wildman–Crippen LogP) is 3.00. The van der Waals surface area contributed by atoms with E-state index in [-0.39, 0.29) is 18.4 Å². The van der Waals surface area contributed by atoms with Gasteiger partial charge in [-0.1, -0.05) is 33.6 Å². The van der Waals surface area contributed by atoms with Crippen LogP contribution in [0.25, 0.3) is 0 Å². The van der Waals surface area contributed by atoms with Gasteiger partial charge in [0.15, 0.2) is 5.82 Å². The Labute approximate surface area is 166 Å². The number of anilines is 1. The van der Waals surface area contributed by atoms with Crippen molar-refractivity contribution in [2.24, 2.45) is 0 Å². The largest absolute Gasteiger partial charge is 0.363 e. The fourth-order valence-electron chi connectivity index (χ4n) is 3.13. The molecule has 0 saturated carbocycles. The van der Waals surface area contributed by atoms with E-state index in [2.05, 4.69) is 31.3 Å². The number of hydrogen-bond acceptors (Lipinski definition) is 5. The second kappa shape index (κ2) is 9.66. The zero-order chi connectivity index (χ0) is 19.1. The summed E-state index contributed by atoms with van der Waals surface area (Å²) in [6, 6.07) is 8.77. The van der Waals surface area contributed by atoms with Crippen LogP contribution in [0.4, 0.5) is 5.82 Å². The van der Waals surface area contributed by atoms with Crippen molar-refractivity contribution >= 4 is 33.6 Å². The van der Waals surface area contributed by atoms with E-state index in [1.165, 1.54) is 25.5 Å². The lowest BCUT2D eigenvalue weighted by atomic mass is 10.1. The number of halogens is 1. The molecule has 0 bridgehead atoms. The number of nitrogens with one attached hydrogen (secondary N) is 1. The smallest absolute Gasteiger partial charge is 0.254 e. The molecule has 0 aliphatic carbocycles. The number of carbonyl (C=O) groups is 2. The Bertz CT molecular complexity index is 760. The zero-order valence-electron chi connectivity index (χ0n) is 15.1. The molecule has 0 atom stereocenters. The van der Waals surface area contributed by atoms with Crippen molar-refractivity contribution in [3.63, 3.8) is 0 Å². The molecule has 1 aromatic heterocycles. The van der Waals surface area contributed by atoms with Gasteiger partial charge >= 0.3 is 0 Å². The van der Waals surface area contributed by atoms with Crippen LogP contribution < -0.4 is 5.32 Å². The molecule has 27 heavy (non-hydrogen) atoms. The fourth-order valence-corrected chi connectivity index (χ4v) is 3.53. The van der Waals surface area contributed by atoms with Gasteiger partial charge in [0, 0.05) is 29.2 Å². The van der Waals surface area contributed by atoms with Crippen molar-refractivity contribution in [2.45, 2.75) is 19.3 Å². The Morgan fingerprint density at radius 1 is 1.22 bits per heavy atom. The first-order chi connectivity index (χ1) is 13.1. The maximum atomic E-state index is 13.0. The molecular weight excluding hydrogens is 412 g/mol. The molecule has 0 unspecified atom stereocenters. The summed E-state index contributed by atoms with van der Waals surface area (Å²) in [4.78, 5) is 29.3. The molecule has 7 nitrogen and oxygen atoms in total. The highest BCUT2D eigenvalue weighted by atomic mass is 79.9. The van der Waals surface area contributed by atoms with Crippen LogP contribution in [0, 0.1) is 0 Å². The fraction of sp³-hybridized carbons (Fsp3) is 0.421. The normalized spacial score (nSPS) is 14.7. The number of piperidine rings is 1. The van der Waals surface area contributed by atoms with Crippen molar-refractivity contribution in [3.8, 4) is 0 Å². The van der Waals surface area contributed by atoms with Crippen molar-refractivity contribution in [1.29, 1.82) is 0 Å². The van der Waals surface area contributed by atoms with Gasteiger partial charge in [-0.25, -0.2) is 0 Å². The first-order valence-electron chi connectivity index (χ1n) is 9.09. The average Bonchev–Trinajstić information content (AvgIpc) is 3.18. The molecule has 8 heteroatoms. The first kappa shape index (κ1) is 19.6. The summed E-state index contributed by atoms with van der Waals surface area (Å²) in [7, 11) is 0. The van der Waals surface area contributed by atoms with E-state index in [1.807, 2.05) is 12.1 Å². The van der Waals surface area contributed by atoms with Gasteiger partial charge in [0.1, 0.15) is 12.8 Å². The third-order valence-electron chi connectivity index (χ3n) is 4.53. The number of aromatic nitrogens is 1. The third-order valence-corrected chi connectivity index (χ3v) is 5.03. The van der Waals surface area contributed by atoms with Gasteiger partial charge in [-0.2, -0.15) is 0 Å². The topological polar surface area (TPSA) is 78.7 Å². The number of carbonyl (C=O) groups excluding carboxylic acids is 2. The Morgan fingerprint density at radius 3 is 2.74 bits per heavy atom. The quantitative estimate of drug-likeness (QED) is 0.724. The van der Waals surface area contributed by atoms with Gasteiger partial charge in [-0.15, -0.1) is 0 Å². The summed E-state index contributed by atoms with van der Waals surface area (Å²) >= 11 is 3.39. The number of nitrogens with zero attached hydrogens (tertiary/aromatic N) is 3. The van der Waals surface area contributed by atoms with Gasteiger partial charge in [-0.05, 0) is 44.1 Å². The molecule has 2 amide bonds. The second-order valence-electron chi connectivity index (χ2n) is 6.57. The van der Waals surface area contributed by atoms with E-state index < -0.39 is 0 Å². The predicted molar refractivity (Wildman–Crippen MR) is 105 cm³/mol. The molecule has 1 aromatic carbocycles. The second-order valence-corrected chi connectivity index (χ2v) is 7.49. The number of likely N-dealkylation sites (tertiary alicyclic amines) is 1. The van der Waals surface area contributed by atoms with Crippen LogP contribution in [0.1, 0.15) is 29.6 Å². The van der Waals surface area contributed by atoms with E-state index in [1.54, 1.807) is 23.1 Å². The van der Waals surface area contributed by atoms with Gasteiger partial charge in [0.2, 0.25) is 5.91 Å². The summed E-state index contributed by atoms with van der Waals surface area (Å²) in [5.41, 5.74) is 0.553. The monoisotopic (exact) mass is 434 g/mol. The number of amides is 2. The van der Waals surface area contributed by atoms with Crippen LogP contribution in [-0.4, -0.2) is 59.5 Å². The average molecular weight is 435 g/mol. The minimum atomic E-state index is -0.300. The lowest BCUT2D eigenvalue weighted by molar-refractivity contribution is -0.117. The number of rotatable bonds is 7. The molecule has 1 N–H and O–H groups in total. The highest BCUT2D eigenvalue weighted by molar-refractivity contribution is 9.10. The molecular formula is C19H23BrN4O3.